The largest absolute Gasteiger partial charge is 0.461 e. The Hall–Kier alpha value is -2.93. The third kappa shape index (κ3) is 3.45. The number of benzene rings is 1. The minimum atomic E-state index is 0.484. The van der Waals surface area contributed by atoms with Crippen LogP contribution in [0.1, 0.15) is 39.0 Å². The van der Waals surface area contributed by atoms with Crippen molar-refractivity contribution < 1.29 is 4.42 Å². The van der Waals surface area contributed by atoms with Crippen molar-refractivity contribution in [3.63, 3.8) is 0 Å². The first-order chi connectivity index (χ1) is 15.8. The van der Waals surface area contributed by atoms with Gasteiger partial charge in [-0.25, -0.2) is 9.38 Å². The van der Waals surface area contributed by atoms with Crippen LogP contribution in [0.15, 0.2) is 47.1 Å². The Morgan fingerprint density at radius 3 is 2.69 bits per heavy atom. The first-order valence-electron chi connectivity index (χ1n) is 11.9. The molecule has 7 heteroatoms. The van der Waals surface area contributed by atoms with Crippen LogP contribution in [0.3, 0.4) is 0 Å². The van der Waals surface area contributed by atoms with Crippen molar-refractivity contribution in [2.24, 2.45) is 5.92 Å². The normalized spacial score (nSPS) is 21.0. The van der Waals surface area contributed by atoms with Crippen molar-refractivity contribution in [2.75, 3.05) is 31.1 Å². The Balaban J connectivity index is 1.36. The molecule has 0 spiro atoms. The van der Waals surface area contributed by atoms with Gasteiger partial charge in [-0.2, -0.15) is 0 Å². The Kier molecular flexibility index (Phi) is 5.06. The summed E-state index contributed by atoms with van der Waals surface area (Å²) in [6, 6.07) is 12.5. The van der Waals surface area contributed by atoms with Gasteiger partial charge in [0.2, 0.25) is 11.8 Å². The van der Waals surface area contributed by atoms with E-state index in [4.69, 9.17) is 9.40 Å². The number of furan rings is 1. The summed E-state index contributed by atoms with van der Waals surface area (Å²) in [4.78, 5) is 10.2. The summed E-state index contributed by atoms with van der Waals surface area (Å²) in [5.74, 6) is 3.18. The monoisotopic (exact) mass is 430 g/mol. The summed E-state index contributed by atoms with van der Waals surface area (Å²) in [6.07, 6.45) is 8.69. The van der Waals surface area contributed by atoms with Crippen molar-refractivity contribution in [1.82, 2.24) is 24.5 Å². The number of nitrogens with zero attached hydrogens (tertiary/aromatic N) is 6. The number of piperazine rings is 1. The molecule has 4 heterocycles. The van der Waals surface area contributed by atoms with Gasteiger partial charge in [0, 0.05) is 37.6 Å². The molecule has 3 aromatic heterocycles. The van der Waals surface area contributed by atoms with E-state index in [9.17, 15) is 0 Å². The van der Waals surface area contributed by atoms with Crippen LogP contribution in [0.4, 0.5) is 5.95 Å². The Bertz CT molecular complexity index is 1210. The molecule has 32 heavy (non-hydrogen) atoms. The quantitative estimate of drug-likeness (QED) is 0.470. The molecule has 2 fully saturated rings. The predicted octanol–water partition coefficient (Wildman–Crippen LogP) is 4.63. The van der Waals surface area contributed by atoms with Crippen LogP contribution in [0.5, 0.6) is 0 Å². The Labute approximate surface area is 188 Å². The topological polar surface area (TPSA) is 62.7 Å². The molecule has 0 N–H and O–H groups in total. The number of para-hydroxylation sites is 1. The van der Waals surface area contributed by atoms with Crippen LogP contribution >= 0.6 is 0 Å². The maximum atomic E-state index is 5.69. The second-order valence-corrected chi connectivity index (χ2v) is 9.38. The van der Waals surface area contributed by atoms with E-state index >= 15 is 0 Å². The van der Waals surface area contributed by atoms with E-state index in [0.29, 0.717) is 17.6 Å². The number of hydrogen-bond donors (Lipinski definition) is 0. The molecule has 166 valence electrons. The number of anilines is 1. The zero-order chi connectivity index (χ0) is 21.5. The van der Waals surface area contributed by atoms with Gasteiger partial charge in [-0.15, -0.1) is 10.2 Å². The summed E-state index contributed by atoms with van der Waals surface area (Å²) in [6.45, 7) is 6.55. The van der Waals surface area contributed by atoms with Crippen molar-refractivity contribution in [3.05, 3.63) is 42.7 Å². The predicted molar refractivity (Wildman–Crippen MR) is 126 cm³/mol. The SMILES string of the molecule is CC1CN(c2nc3ccccc3c3nnc(-c4ccco4)n23)CCN1CC1CCCCC1. The lowest BCUT2D eigenvalue weighted by Gasteiger charge is -2.42. The minimum Gasteiger partial charge on any atom is -0.461 e. The lowest BCUT2D eigenvalue weighted by atomic mass is 9.88. The first kappa shape index (κ1) is 19.7. The molecule has 4 aromatic rings. The summed E-state index contributed by atoms with van der Waals surface area (Å²) < 4.78 is 7.76. The van der Waals surface area contributed by atoms with Gasteiger partial charge in [-0.3, -0.25) is 4.90 Å². The van der Waals surface area contributed by atoms with Gasteiger partial charge in [-0.05, 0) is 49.9 Å². The Morgan fingerprint density at radius 2 is 1.88 bits per heavy atom. The lowest BCUT2D eigenvalue weighted by molar-refractivity contribution is 0.143. The number of aromatic nitrogens is 4. The fourth-order valence-electron chi connectivity index (χ4n) is 5.49. The highest BCUT2D eigenvalue weighted by Crippen LogP contribution is 2.30. The van der Waals surface area contributed by atoms with Crippen molar-refractivity contribution in [1.29, 1.82) is 0 Å². The maximum Gasteiger partial charge on any atom is 0.213 e. The zero-order valence-electron chi connectivity index (χ0n) is 18.7. The molecule has 1 aromatic carbocycles. The number of fused-ring (bicyclic) bond motifs is 3. The maximum absolute atomic E-state index is 5.69. The molecule has 1 atom stereocenters. The van der Waals surface area contributed by atoms with E-state index in [0.717, 1.165) is 48.1 Å². The van der Waals surface area contributed by atoms with Gasteiger partial charge in [0.15, 0.2) is 11.4 Å². The molecule has 0 bridgehead atoms. The second kappa shape index (κ2) is 8.20. The van der Waals surface area contributed by atoms with Crippen LogP contribution in [0, 0.1) is 5.92 Å². The fraction of sp³-hybridized carbons (Fsp3) is 0.480. The van der Waals surface area contributed by atoms with Gasteiger partial charge in [0.1, 0.15) is 0 Å². The van der Waals surface area contributed by atoms with Crippen molar-refractivity contribution >= 4 is 22.5 Å². The molecule has 1 unspecified atom stereocenters. The average Bonchev–Trinajstić information content (AvgIpc) is 3.51. The number of rotatable bonds is 4. The summed E-state index contributed by atoms with van der Waals surface area (Å²) in [5.41, 5.74) is 1.78. The third-order valence-corrected chi connectivity index (χ3v) is 7.24. The molecule has 2 aliphatic rings. The molecule has 1 saturated heterocycles. The minimum absolute atomic E-state index is 0.484. The molecule has 6 rings (SSSR count). The molecule has 7 nitrogen and oxygen atoms in total. The highest BCUT2D eigenvalue weighted by molar-refractivity contribution is 5.93. The second-order valence-electron chi connectivity index (χ2n) is 9.38. The smallest absolute Gasteiger partial charge is 0.213 e. The standard InChI is InChI=1S/C25H30N6O/c1-18-16-30(14-13-29(18)17-19-8-3-2-4-9-19)25-26-21-11-6-5-10-20(21)23-27-28-24(31(23)25)22-12-7-15-32-22/h5-7,10-12,15,18-19H,2-4,8-9,13-14,16-17H2,1H3. The zero-order valence-corrected chi connectivity index (χ0v) is 18.7. The molecule has 1 aliphatic carbocycles. The number of hydrogen-bond acceptors (Lipinski definition) is 6. The van der Waals surface area contributed by atoms with Crippen LogP contribution in [-0.4, -0.2) is 56.7 Å². The summed E-state index contributed by atoms with van der Waals surface area (Å²) in [7, 11) is 0. The van der Waals surface area contributed by atoms with Crippen molar-refractivity contribution in [3.8, 4) is 11.6 Å². The van der Waals surface area contributed by atoms with E-state index < -0.39 is 0 Å². The van der Waals surface area contributed by atoms with E-state index in [1.54, 1.807) is 6.26 Å². The van der Waals surface area contributed by atoms with Crippen LogP contribution in [0.25, 0.3) is 28.1 Å². The highest BCUT2D eigenvalue weighted by atomic mass is 16.3. The van der Waals surface area contributed by atoms with Crippen LogP contribution in [0.2, 0.25) is 0 Å². The Morgan fingerprint density at radius 1 is 1.00 bits per heavy atom. The lowest BCUT2D eigenvalue weighted by Crippen LogP contribution is -2.53. The van der Waals surface area contributed by atoms with E-state index in [2.05, 4.69) is 43.5 Å². The first-order valence-corrected chi connectivity index (χ1v) is 11.9. The molecule has 0 amide bonds. The fourth-order valence-corrected chi connectivity index (χ4v) is 5.49. The summed E-state index contributed by atoms with van der Waals surface area (Å²) >= 11 is 0. The van der Waals surface area contributed by atoms with Crippen LogP contribution < -0.4 is 4.90 Å². The van der Waals surface area contributed by atoms with E-state index in [-0.39, 0.29) is 0 Å². The van der Waals surface area contributed by atoms with Crippen molar-refractivity contribution in [2.45, 2.75) is 45.1 Å². The average molecular weight is 431 g/mol. The van der Waals surface area contributed by atoms with E-state index in [1.165, 1.54) is 38.6 Å². The van der Waals surface area contributed by atoms with Crippen LogP contribution in [-0.2, 0) is 0 Å². The summed E-state index contributed by atoms with van der Waals surface area (Å²) in [5, 5.41) is 10.0. The molecular weight excluding hydrogens is 400 g/mol. The molecular formula is C25H30N6O. The van der Waals surface area contributed by atoms with Gasteiger partial charge in [-0.1, -0.05) is 31.4 Å². The third-order valence-electron chi connectivity index (χ3n) is 7.24. The van der Waals surface area contributed by atoms with Gasteiger partial charge in [0.05, 0.1) is 11.8 Å². The molecule has 1 aliphatic heterocycles. The van der Waals surface area contributed by atoms with Gasteiger partial charge in [0.25, 0.3) is 0 Å². The van der Waals surface area contributed by atoms with Gasteiger partial charge < -0.3 is 9.32 Å². The van der Waals surface area contributed by atoms with Gasteiger partial charge >= 0.3 is 0 Å². The molecule has 1 saturated carbocycles. The van der Waals surface area contributed by atoms with E-state index in [1.807, 2.05) is 24.3 Å². The molecule has 0 radical (unpaired) electrons. The highest BCUT2D eigenvalue weighted by Gasteiger charge is 2.29.